The van der Waals surface area contributed by atoms with Gasteiger partial charge in [0.2, 0.25) is 20.9 Å². The average Bonchev–Trinajstić information content (AvgIpc) is 2.94. The summed E-state index contributed by atoms with van der Waals surface area (Å²) in [5, 5.41) is 13.3. The van der Waals surface area contributed by atoms with Crippen molar-refractivity contribution in [1.29, 1.82) is 0 Å². The SMILES string of the molecule is CS(=O)(=O)c1nc2ccccc2n1CC(=O)Nc1ccccc1[N+](=O)[O-]. The fourth-order valence-electron chi connectivity index (χ4n) is 2.56. The normalized spacial score (nSPS) is 11.4. The monoisotopic (exact) mass is 374 g/mol. The Morgan fingerprint density at radius 3 is 2.54 bits per heavy atom. The molecule has 1 amide bonds. The first-order valence-electron chi connectivity index (χ1n) is 7.46. The minimum absolute atomic E-state index is 0.0350. The van der Waals surface area contributed by atoms with Crippen molar-refractivity contribution in [3.63, 3.8) is 0 Å². The minimum atomic E-state index is -3.67. The Labute approximate surface area is 148 Å². The first-order chi connectivity index (χ1) is 12.3. The van der Waals surface area contributed by atoms with Gasteiger partial charge in [-0.1, -0.05) is 24.3 Å². The lowest BCUT2D eigenvalue weighted by Gasteiger charge is -2.09. The van der Waals surface area contributed by atoms with Crippen LogP contribution in [0.25, 0.3) is 11.0 Å². The maximum atomic E-state index is 12.4. The van der Waals surface area contributed by atoms with Gasteiger partial charge in [-0.2, -0.15) is 0 Å². The quantitative estimate of drug-likeness (QED) is 0.538. The molecule has 26 heavy (non-hydrogen) atoms. The zero-order valence-electron chi connectivity index (χ0n) is 13.6. The Kier molecular flexibility index (Phi) is 4.43. The van der Waals surface area contributed by atoms with Crippen LogP contribution in [-0.4, -0.2) is 35.1 Å². The molecule has 0 radical (unpaired) electrons. The van der Waals surface area contributed by atoms with E-state index in [1.54, 1.807) is 30.3 Å². The number of anilines is 1. The number of nitro benzene ring substituents is 1. The lowest BCUT2D eigenvalue weighted by molar-refractivity contribution is -0.383. The molecular formula is C16H14N4O5S. The second-order valence-electron chi connectivity index (χ2n) is 5.56. The number of hydrogen-bond acceptors (Lipinski definition) is 6. The number of carbonyl (C=O) groups excluding carboxylic acids is 1. The zero-order chi connectivity index (χ0) is 18.9. The number of aromatic nitrogens is 2. The third-order valence-corrected chi connectivity index (χ3v) is 4.60. The summed E-state index contributed by atoms with van der Waals surface area (Å²) >= 11 is 0. The number of nitro groups is 1. The van der Waals surface area contributed by atoms with Gasteiger partial charge >= 0.3 is 0 Å². The van der Waals surface area contributed by atoms with Crippen molar-refractivity contribution >= 4 is 38.2 Å². The molecule has 134 valence electrons. The number of nitrogens with one attached hydrogen (secondary N) is 1. The van der Waals surface area contributed by atoms with Crippen LogP contribution in [0.4, 0.5) is 11.4 Å². The summed E-state index contributed by atoms with van der Waals surface area (Å²) in [7, 11) is -3.67. The van der Waals surface area contributed by atoms with E-state index in [2.05, 4.69) is 10.3 Å². The molecule has 0 aliphatic carbocycles. The van der Waals surface area contributed by atoms with E-state index >= 15 is 0 Å². The average molecular weight is 374 g/mol. The second kappa shape index (κ2) is 6.56. The fourth-order valence-corrected chi connectivity index (χ4v) is 3.39. The van der Waals surface area contributed by atoms with E-state index in [9.17, 15) is 23.3 Å². The molecule has 1 aromatic heterocycles. The van der Waals surface area contributed by atoms with E-state index in [1.165, 1.54) is 22.8 Å². The van der Waals surface area contributed by atoms with Crippen LogP contribution in [0.2, 0.25) is 0 Å². The Morgan fingerprint density at radius 2 is 1.85 bits per heavy atom. The van der Waals surface area contributed by atoms with E-state index in [0.29, 0.717) is 11.0 Å². The summed E-state index contributed by atoms with van der Waals surface area (Å²) in [6.07, 6.45) is 1.00. The molecule has 0 saturated carbocycles. The van der Waals surface area contributed by atoms with E-state index in [0.717, 1.165) is 6.26 Å². The number of amides is 1. The smallest absolute Gasteiger partial charge is 0.292 e. The van der Waals surface area contributed by atoms with Crippen LogP contribution in [0.1, 0.15) is 0 Å². The molecule has 0 aliphatic rings. The molecule has 10 heteroatoms. The molecule has 0 unspecified atom stereocenters. The maximum Gasteiger partial charge on any atom is 0.292 e. The number of imidazole rings is 1. The van der Waals surface area contributed by atoms with E-state index in [1.807, 2.05) is 0 Å². The first kappa shape index (κ1) is 17.5. The number of sulfone groups is 1. The van der Waals surface area contributed by atoms with Gasteiger partial charge in [-0.15, -0.1) is 0 Å². The van der Waals surface area contributed by atoms with Gasteiger partial charge < -0.3 is 9.88 Å². The third-order valence-electron chi connectivity index (χ3n) is 3.63. The lowest BCUT2D eigenvalue weighted by atomic mass is 10.2. The number of hydrogen-bond donors (Lipinski definition) is 1. The van der Waals surface area contributed by atoms with Gasteiger partial charge in [0.25, 0.3) is 5.69 Å². The van der Waals surface area contributed by atoms with Crippen molar-refractivity contribution in [2.24, 2.45) is 0 Å². The van der Waals surface area contributed by atoms with Crippen LogP contribution < -0.4 is 5.32 Å². The molecule has 0 spiro atoms. The number of fused-ring (bicyclic) bond motifs is 1. The fraction of sp³-hybridized carbons (Fsp3) is 0.125. The molecule has 1 heterocycles. The Balaban J connectivity index is 1.97. The minimum Gasteiger partial charge on any atom is -0.319 e. The van der Waals surface area contributed by atoms with Gasteiger partial charge in [0.1, 0.15) is 12.2 Å². The number of nitrogens with zero attached hydrogens (tertiary/aromatic N) is 3. The number of para-hydroxylation sites is 4. The Hall–Kier alpha value is -3.27. The second-order valence-corrected chi connectivity index (χ2v) is 7.47. The highest BCUT2D eigenvalue weighted by Gasteiger charge is 2.22. The molecule has 0 aliphatic heterocycles. The maximum absolute atomic E-state index is 12.4. The molecule has 3 aromatic rings. The van der Waals surface area contributed by atoms with Crippen molar-refractivity contribution < 1.29 is 18.1 Å². The van der Waals surface area contributed by atoms with Crippen molar-refractivity contribution in [2.45, 2.75) is 11.7 Å². The molecule has 3 rings (SSSR count). The van der Waals surface area contributed by atoms with Crippen molar-refractivity contribution in [1.82, 2.24) is 9.55 Å². The summed E-state index contributed by atoms with van der Waals surface area (Å²) in [5.74, 6) is -0.604. The summed E-state index contributed by atoms with van der Waals surface area (Å²) < 4.78 is 25.3. The topological polar surface area (TPSA) is 124 Å². The highest BCUT2D eigenvalue weighted by molar-refractivity contribution is 7.90. The number of carbonyl (C=O) groups is 1. The highest BCUT2D eigenvalue weighted by Crippen LogP contribution is 2.24. The van der Waals surface area contributed by atoms with Gasteiger partial charge in [0.05, 0.1) is 16.0 Å². The van der Waals surface area contributed by atoms with E-state index in [-0.39, 0.29) is 23.1 Å². The van der Waals surface area contributed by atoms with Crippen molar-refractivity contribution in [3.8, 4) is 0 Å². The standard InChI is InChI=1S/C16H14N4O5S/c1-26(24,25)16-18-11-6-2-4-8-13(11)19(16)10-15(21)17-12-7-3-5-9-14(12)20(22)23/h2-9H,10H2,1H3,(H,17,21). The highest BCUT2D eigenvalue weighted by atomic mass is 32.2. The van der Waals surface area contributed by atoms with Crippen LogP contribution in [0.3, 0.4) is 0 Å². The largest absolute Gasteiger partial charge is 0.319 e. The predicted molar refractivity (Wildman–Crippen MR) is 94.6 cm³/mol. The van der Waals surface area contributed by atoms with Crippen LogP contribution in [0.5, 0.6) is 0 Å². The van der Waals surface area contributed by atoms with Gasteiger partial charge in [0.15, 0.2) is 0 Å². The number of benzene rings is 2. The van der Waals surface area contributed by atoms with E-state index in [4.69, 9.17) is 0 Å². The molecule has 0 fully saturated rings. The molecule has 9 nitrogen and oxygen atoms in total. The van der Waals surface area contributed by atoms with Gasteiger partial charge in [-0.25, -0.2) is 13.4 Å². The molecule has 0 bridgehead atoms. The zero-order valence-corrected chi connectivity index (χ0v) is 14.4. The molecular weight excluding hydrogens is 360 g/mol. The molecule has 2 aromatic carbocycles. The molecule has 1 N–H and O–H groups in total. The van der Waals surface area contributed by atoms with Crippen LogP contribution in [0.15, 0.2) is 53.7 Å². The summed E-state index contributed by atoms with van der Waals surface area (Å²) in [6, 6.07) is 12.4. The lowest BCUT2D eigenvalue weighted by Crippen LogP contribution is -2.21. The molecule has 0 saturated heterocycles. The first-order valence-corrected chi connectivity index (χ1v) is 9.35. The summed E-state index contributed by atoms with van der Waals surface area (Å²) in [5.41, 5.74) is 0.699. The van der Waals surface area contributed by atoms with Gasteiger partial charge in [-0.05, 0) is 18.2 Å². The summed E-state index contributed by atoms with van der Waals surface area (Å²) in [6.45, 7) is -0.352. The van der Waals surface area contributed by atoms with Gasteiger partial charge in [-0.3, -0.25) is 14.9 Å². The summed E-state index contributed by atoms with van der Waals surface area (Å²) in [4.78, 5) is 26.9. The van der Waals surface area contributed by atoms with Crippen LogP contribution >= 0.6 is 0 Å². The molecule has 0 atom stereocenters. The van der Waals surface area contributed by atoms with Gasteiger partial charge in [0, 0.05) is 12.3 Å². The van der Waals surface area contributed by atoms with Crippen LogP contribution in [0, 0.1) is 10.1 Å². The Morgan fingerprint density at radius 1 is 1.19 bits per heavy atom. The predicted octanol–water partition coefficient (Wildman–Crippen LogP) is 1.99. The van der Waals surface area contributed by atoms with Crippen molar-refractivity contribution in [3.05, 3.63) is 58.6 Å². The van der Waals surface area contributed by atoms with E-state index < -0.39 is 20.7 Å². The van der Waals surface area contributed by atoms with Crippen LogP contribution in [-0.2, 0) is 21.2 Å². The number of rotatable bonds is 5. The van der Waals surface area contributed by atoms with Crippen molar-refractivity contribution in [2.75, 3.05) is 11.6 Å². The Bertz CT molecular complexity index is 1120. The third kappa shape index (κ3) is 3.40.